The van der Waals surface area contributed by atoms with Crippen molar-refractivity contribution in [1.82, 2.24) is 0 Å². The Morgan fingerprint density at radius 3 is 2.67 bits per heavy atom. The monoisotopic (exact) mass is 316 g/mol. The van der Waals surface area contributed by atoms with Crippen LogP contribution in [0.4, 0.5) is 11.4 Å². The van der Waals surface area contributed by atoms with Crippen molar-refractivity contribution >= 4 is 33.3 Å². The Hall–Kier alpha value is -1.63. The SMILES string of the molecule is CCC(C)(Nc1ccc(Br)cc1[N+](=O)[O-])C(=O)O. The van der Waals surface area contributed by atoms with Gasteiger partial charge in [0.15, 0.2) is 0 Å². The Morgan fingerprint density at radius 2 is 2.22 bits per heavy atom. The van der Waals surface area contributed by atoms with Crippen molar-refractivity contribution < 1.29 is 14.8 Å². The molecule has 1 aromatic rings. The van der Waals surface area contributed by atoms with Gasteiger partial charge in [-0.15, -0.1) is 0 Å². The largest absolute Gasteiger partial charge is 0.480 e. The van der Waals surface area contributed by atoms with Crippen LogP contribution in [-0.2, 0) is 4.79 Å². The van der Waals surface area contributed by atoms with Crippen molar-refractivity contribution in [1.29, 1.82) is 0 Å². The first-order valence-corrected chi connectivity index (χ1v) is 6.05. The minimum Gasteiger partial charge on any atom is -0.480 e. The van der Waals surface area contributed by atoms with Gasteiger partial charge in [0.2, 0.25) is 0 Å². The summed E-state index contributed by atoms with van der Waals surface area (Å²) in [5.74, 6) is -1.05. The molecule has 0 radical (unpaired) electrons. The number of benzene rings is 1. The number of carboxylic acid groups (broad SMARTS) is 1. The van der Waals surface area contributed by atoms with Crippen molar-refractivity contribution in [3.63, 3.8) is 0 Å². The molecular weight excluding hydrogens is 304 g/mol. The number of halogens is 1. The van der Waals surface area contributed by atoms with Crippen LogP contribution in [0, 0.1) is 10.1 Å². The Morgan fingerprint density at radius 1 is 1.61 bits per heavy atom. The molecule has 0 aliphatic rings. The molecule has 18 heavy (non-hydrogen) atoms. The summed E-state index contributed by atoms with van der Waals surface area (Å²) in [5.41, 5.74) is -1.21. The van der Waals surface area contributed by atoms with Gasteiger partial charge < -0.3 is 10.4 Å². The highest BCUT2D eigenvalue weighted by atomic mass is 79.9. The van der Waals surface area contributed by atoms with E-state index in [0.717, 1.165) is 0 Å². The lowest BCUT2D eigenvalue weighted by molar-refractivity contribution is -0.384. The number of hydrogen-bond donors (Lipinski definition) is 2. The van der Waals surface area contributed by atoms with E-state index in [1.165, 1.54) is 19.1 Å². The number of hydrogen-bond acceptors (Lipinski definition) is 4. The topological polar surface area (TPSA) is 92.5 Å². The first kappa shape index (κ1) is 14.4. The van der Waals surface area contributed by atoms with Gasteiger partial charge in [-0.1, -0.05) is 22.9 Å². The van der Waals surface area contributed by atoms with Gasteiger partial charge in [0.25, 0.3) is 5.69 Å². The standard InChI is InChI=1S/C11H13BrN2O4/c1-3-11(2,10(15)16)13-8-5-4-7(12)6-9(8)14(17)18/h4-6,13H,3H2,1-2H3,(H,15,16). The second-order valence-electron chi connectivity index (χ2n) is 4.03. The molecule has 0 fully saturated rings. The van der Waals surface area contributed by atoms with E-state index in [9.17, 15) is 14.9 Å². The highest BCUT2D eigenvalue weighted by molar-refractivity contribution is 9.10. The number of rotatable bonds is 5. The second kappa shape index (κ2) is 5.34. The molecule has 0 saturated carbocycles. The summed E-state index contributed by atoms with van der Waals surface area (Å²) in [5, 5.41) is 22.8. The molecule has 0 saturated heterocycles. The fraction of sp³-hybridized carbons (Fsp3) is 0.364. The molecule has 1 atom stereocenters. The van der Waals surface area contributed by atoms with Gasteiger partial charge in [0.1, 0.15) is 11.2 Å². The number of aliphatic carboxylic acids is 1. The van der Waals surface area contributed by atoms with Gasteiger partial charge in [0, 0.05) is 10.5 Å². The van der Waals surface area contributed by atoms with Crippen LogP contribution in [0.2, 0.25) is 0 Å². The fourth-order valence-electron chi connectivity index (χ4n) is 1.35. The number of nitro benzene ring substituents is 1. The van der Waals surface area contributed by atoms with Crippen molar-refractivity contribution in [3.8, 4) is 0 Å². The summed E-state index contributed by atoms with van der Waals surface area (Å²) in [4.78, 5) is 21.5. The smallest absolute Gasteiger partial charge is 0.329 e. The number of anilines is 1. The molecule has 0 aliphatic heterocycles. The quantitative estimate of drug-likeness (QED) is 0.643. The van der Waals surface area contributed by atoms with Crippen LogP contribution in [0.5, 0.6) is 0 Å². The van der Waals surface area contributed by atoms with E-state index in [1.807, 2.05) is 0 Å². The van der Waals surface area contributed by atoms with Crippen LogP contribution < -0.4 is 5.32 Å². The summed E-state index contributed by atoms with van der Waals surface area (Å²) < 4.78 is 0.563. The summed E-state index contributed by atoms with van der Waals surface area (Å²) >= 11 is 3.14. The van der Waals surface area contributed by atoms with Crippen molar-refractivity contribution in [3.05, 3.63) is 32.8 Å². The molecule has 0 aromatic heterocycles. The van der Waals surface area contributed by atoms with Crippen LogP contribution in [0.3, 0.4) is 0 Å². The number of nitrogens with zero attached hydrogens (tertiary/aromatic N) is 1. The number of nitro groups is 1. The minimum absolute atomic E-state index is 0.162. The molecule has 2 N–H and O–H groups in total. The van der Waals surface area contributed by atoms with Crippen LogP contribution in [0.15, 0.2) is 22.7 Å². The van der Waals surface area contributed by atoms with E-state index < -0.39 is 16.4 Å². The van der Waals surface area contributed by atoms with Crippen molar-refractivity contribution in [2.24, 2.45) is 0 Å². The molecule has 0 amide bonds. The molecule has 1 unspecified atom stereocenters. The number of carboxylic acids is 1. The summed E-state index contributed by atoms with van der Waals surface area (Å²) in [6.45, 7) is 3.19. The highest BCUT2D eigenvalue weighted by Crippen LogP contribution is 2.31. The maximum atomic E-state index is 11.2. The first-order valence-electron chi connectivity index (χ1n) is 5.25. The molecule has 0 bridgehead atoms. The summed E-state index contributed by atoms with van der Waals surface area (Å²) in [6.07, 6.45) is 0.301. The highest BCUT2D eigenvalue weighted by Gasteiger charge is 2.32. The van der Waals surface area contributed by atoms with Crippen LogP contribution >= 0.6 is 15.9 Å². The molecule has 0 spiro atoms. The zero-order valence-corrected chi connectivity index (χ0v) is 11.5. The third-order valence-corrected chi connectivity index (χ3v) is 3.24. The fourth-order valence-corrected chi connectivity index (χ4v) is 1.70. The van der Waals surface area contributed by atoms with E-state index in [-0.39, 0.29) is 11.4 Å². The molecule has 0 heterocycles. The Balaban J connectivity index is 3.18. The lowest BCUT2D eigenvalue weighted by atomic mass is 9.98. The van der Waals surface area contributed by atoms with E-state index in [0.29, 0.717) is 10.9 Å². The zero-order chi connectivity index (χ0) is 13.9. The van der Waals surface area contributed by atoms with Crippen molar-refractivity contribution in [2.45, 2.75) is 25.8 Å². The van der Waals surface area contributed by atoms with Crippen LogP contribution in [-0.4, -0.2) is 21.5 Å². The lowest BCUT2D eigenvalue weighted by Gasteiger charge is -2.25. The van der Waals surface area contributed by atoms with E-state index >= 15 is 0 Å². The predicted molar refractivity (Wildman–Crippen MR) is 70.8 cm³/mol. The van der Waals surface area contributed by atoms with Gasteiger partial charge in [-0.05, 0) is 25.5 Å². The van der Waals surface area contributed by atoms with E-state index in [1.54, 1.807) is 13.0 Å². The molecule has 0 aliphatic carbocycles. The van der Waals surface area contributed by atoms with E-state index in [4.69, 9.17) is 5.11 Å². The van der Waals surface area contributed by atoms with Crippen LogP contribution in [0.25, 0.3) is 0 Å². The normalized spacial score (nSPS) is 13.7. The van der Waals surface area contributed by atoms with Crippen molar-refractivity contribution in [2.75, 3.05) is 5.32 Å². The Kier molecular flexibility index (Phi) is 4.28. The molecule has 1 rings (SSSR count). The molecule has 6 nitrogen and oxygen atoms in total. The third-order valence-electron chi connectivity index (χ3n) is 2.75. The molecule has 1 aromatic carbocycles. The molecular formula is C11H13BrN2O4. The van der Waals surface area contributed by atoms with Gasteiger partial charge >= 0.3 is 5.97 Å². The average Bonchev–Trinajstić information content (AvgIpc) is 2.30. The maximum Gasteiger partial charge on any atom is 0.329 e. The van der Waals surface area contributed by atoms with Crippen LogP contribution in [0.1, 0.15) is 20.3 Å². The lowest BCUT2D eigenvalue weighted by Crippen LogP contribution is -2.42. The average molecular weight is 317 g/mol. The van der Waals surface area contributed by atoms with Gasteiger partial charge in [-0.25, -0.2) is 4.79 Å². The van der Waals surface area contributed by atoms with E-state index in [2.05, 4.69) is 21.2 Å². The maximum absolute atomic E-state index is 11.2. The first-order chi connectivity index (χ1) is 8.30. The predicted octanol–water partition coefficient (Wildman–Crippen LogP) is 3.02. The molecule has 7 heteroatoms. The second-order valence-corrected chi connectivity index (χ2v) is 4.95. The summed E-state index contributed by atoms with van der Waals surface area (Å²) in [6, 6.07) is 4.44. The number of carbonyl (C=O) groups is 1. The Bertz CT molecular complexity index is 492. The van der Waals surface area contributed by atoms with Gasteiger partial charge in [0.05, 0.1) is 4.92 Å². The zero-order valence-electron chi connectivity index (χ0n) is 9.94. The van der Waals surface area contributed by atoms with Gasteiger partial charge in [-0.2, -0.15) is 0 Å². The minimum atomic E-state index is -1.24. The molecule has 98 valence electrons. The third kappa shape index (κ3) is 2.98. The summed E-state index contributed by atoms with van der Waals surface area (Å²) in [7, 11) is 0. The van der Waals surface area contributed by atoms with Gasteiger partial charge in [-0.3, -0.25) is 10.1 Å². The Labute approximate surface area is 112 Å². The number of nitrogens with one attached hydrogen (secondary N) is 1.